The van der Waals surface area contributed by atoms with Crippen LogP contribution in [0.15, 0.2) is 16.8 Å². The Hall–Kier alpha value is -0.430. The average molecular weight is 346 g/mol. The van der Waals surface area contributed by atoms with Crippen molar-refractivity contribution in [2.24, 2.45) is 11.8 Å². The Morgan fingerprint density at radius 1 is 1.36 bits per heavy atom. The van der Waals surface area contributed by atoms with Crippen molar-refractivity contribution in [2.45, 2.75) is 57.3 Å². The molecular weight excluding hydrogens is 318 g/mol. The zero-order valence-electron chi connectivity index (χ0n) is 13.6. The predicted octanol–water partition coefficient (Wildman–Crippen LogP) is 3.09. The number of rotatable bonds is 6. The molecule has 1 unspecified atom stereocenters. The highest BCUT2D eigenvalue weighted by atomic mass is 32.2. The molecule has 0 amide bonds. The fraction of sp³-hybridized carbons (Fsp3) is 0.750. The second-order valence-electron chi connectivity index (χ2n) is 6.80. The first-order valence-corrected chi connectivity index (χ1v) is 10.5. The summed E-state index contributed by atoms with van der Waals surface area (Å²) in [4.78, 5) is 0. The fourth-order valence-corrected chi connectivity index (χ4v) is 4.66. The molecule has 0 aliphatic heterocycles. The molecule has 1 heterocycles. The third-order valence-corrected chi connectivity index (χ3v) is 7.44. The monoisotopic (exact) mass is 345 g/mol. The zero-order valence-corrected chi connectivity index (χ0v) is 15.2. The lowest BCUT2D eigenvalue weighted by molar-refractivity contribution is -0.0203. The summed E-state index contributed by atoms with van der Waals surface area (Å²) in [5.41, 5.74) is 0.345. The lowest BCUT2D eigenvalue weighted by Gasteiger charge is -2.38. The first-order valence-electron chi connectivity index (χ1n) is 7.98. The second-order valence-corrected chi connectivity index (χ2v) is 9.90. The highest BCUT2D eigenvalue weighted by molar-refractivity contribution is 7.90. The molecule has 1 fully saturated rings. The fourth-order valence-electron chi connectivity index (χ4n) is 3.09. The summed E-state index contributed by atoms with van der Waals surface area (Å²) in [7, 11) is -3.19. The van der Waals surface area contributed by atoms with Crippen molar-refractivity contribution in [3.8, 4) is 0 Å². The Kier molecular flexibility index (Phi) is 5.69. The van der Waals surface area contributed by atoms with Gasteiger partial charge < -0.3 is 5.11 Å². The van der Waals surface area contributed by atoms with Gasteiger partial charge >= 0.3 is 0 Å². The molecule has 0 bridgehead atoms. The molecular formula is C16H27NO3S2. The van der Waals surface area contributed by atoms with E-state index < -0.39 is 20.9 Å². The van der Waals surface area contributed by atoms with Crippen molar-refractivity contribution >= 4 is 21.4 Å². The van der Waals surface area contributed by atoms with Crippen molar-refractivity contribution in [3.63, 3.8) is 0 Å². The van der Waals surface area contributed by atoms with Crippen LogP contribution in [0.3, 0.4) is 0 Å². The molecule has 0 spiro atoms. The van der Waals surface area contributed by atoms with Crippen molar-refractivity contribution < 1.29 is 13.5 Å². The lowest BCUT2D eigenvalue weighted by atomic mass is 9.72. The molecule has 0 saturated heterocycles. The maximum absolute atomic E-state index is 11.8. The number of nitrogens with one attached hydrogen (secondary N) is 1. The minimum absolute atomic E-state index is 0.292. The van der Waals surface area contributed by atoms with E-state index in [2.05, 4.69) is 11.6 Å². The molecule has 0 radical (unpaired) electrons. The minimum atomic E-state index is -3.19. The van der Waals surface area contributed by atoms with Crippen LogP contribution in [0.5, 0.6) is 0 Å². The number of hydrogen-bond donors (Lipinski definition) is 2. The largest absolute Gasteiger partial charge is 0.385 e. The molecule has 2 N–H and O–H groups in total. The summed E-state index contributed by atoms with van der Waals surface area (Å²) in [6.45, 7) is 5.97. The third-order valence-electron chi connectivity index (χ3n) is 4.95. The topological polar surface area (TPSA) is 66.4 Å². The van der Waals surface area contributed by atoms with Gasteiger partial charge in [0, 0.05) is 6.54 Å². The summed E-state index contributed by atoms with van der Waals surface area (Å²) >= 11 is 1.62. The van der Waals surface area contributed by atoms with E-state index in [1.165, 1.54) is 0 Å². The van der Waals surface area contributed by atoms with E-state index in [-0.39, 0.29) is 0 Å². The second kappa shape index (κ2) is 6.99. The van der Waals surface area contributed by atoms with E-state index in [1.807, 2.05) is 16.8 Å². The number of aliphatic hydroxyl groups is 1. The summed E-state index contributed by atoms with van der Waals surface area (Å²) in [5, 5.41) is 14.4. The van der Waals surface area contributed by atoms with E-state index >= 15 is 0 Å². The predicted molar refractivity (Wildman–Crippen MR) is 91.4 cm³/mol. The quantitative estimate of drug-likeness (QED) is 0.832. The van der Waals surface area contributed by atoms with Crippen molar-refractivity contribution in [1.29, 1.82) is 0 Å². The molecule has 126 valence electrons. The maximum atomic E-state index is 11.8. The molecule has 1 aliphatic carbocycles. The van der Waals surface area contributed by atoms with Crippen molar-refractivity contribution in [1.82, 2.24) is 4.72 Å². The van der Waals surface area contributed by atoms with E-state index in [4.69, 9.17) is 0 Å². The average Bonchev–Trinajstić information content (AvgIpc) is 3.00. The lowest BCUT2D eigenvalue weighted by Crippen LogP contribution is -2.38. The number of hydrogen-bond acceptors (Lipinski definition) is 4. The molecule has 6 heteroatoms. The molecule has 4 nitrogen and oxygen atoms in total. The van der Waals surface area contributed by atoms with Gasteiger partial charge in [-0.25, -0.2) is 13.1 Å². The van der Waals surface area contributed by atoms with E-state index in [0.29, 0.717) is 18.4 Å². The molecule has 1 aliphatic rings. The Labute approximate surface area is 138 Å². The Morgan fingerprint density at radius 2 is 2.00 bits per heavy atom. The van der Waals surface area contributed by atoms with Crippen LogP contribution in [-0.4, -0.2) is 25.3 Å². The van der Waals surface area contributed by atoms with Crippen molar-refractivity contribution in [3.05, 3.63) is 22.4 Å². The zero-order chi connectivity index (χ0) is 16.4. The summed E-state index contributed by atoms with van der Waals surface area (Å²) in [6, 6.07) is 2.01. The van der Waals surface area contributed by atoms with Gasteiger partial charge in [-0.15, -0.1) is 0 Å². The molecule has 0 aromatic carbocycles. The standard InChI is InChI=1S/C16H27NO3S2/c1-12(2)22(19,20)17-10-13(3)14-4-7-16(18,8-5-14)15-6-9-21-11-15/h6,9,11-14,17-18H,4-5,7-8,10H2,1-3H3. The Bertz CT molecular complexity index is 558. The molecule has 1 atom stereocenters. The van der Waals surface area contributed by atoms with Crippen LogP contribution >= 0.6 is 11.3 Å². The van der Waals surface area contributed by atoms with Crippen LogP contribution in [0, 0.1) is 11.8 Å². The smallest absolute Gasteiger partial charge is 0.213 e. The van der Waals surface area contributed by atoms with Crippen LogP contribution in [-0.2, 0) is 15.6 Å². The number of thiophene rings is 1. The molecule has 22 heavy (non-hydrogen) atoms. The maximum Gasteiger partial charge on any atom is 0.213 e. The first-order chi connectivity index (χ1) is 10.2. The summed E-state index contributed by atoms with van der Waals surface area (Å²) in [5.74, 6) is 0.759. The van der Waals surface area contributed by atoms with Gasteiger partial charge in [0.1, 0.15) is 0 Å². The van der Waals surface area contributed by atoms with Gasteiger partial charge in [0.25, 0.3) is 0 Å². The van der Waals surface area contributed by atoms with Crippen LogP contribution in [0.2, 0.25) is 0 Å². The molecule has 2 rings (SSSR count). The number of sulfonamides is 1. The molecule has 1 aromatic heterocycles. The summed E-state index contributed by atoms with van der Waals surface area (Å²) in [6.07, 6.45) is 3.40. The summed E-state index contributed by atoms with van der Waals surface area (Å²) < 4.78 is 26.4. The highest BCUT2D eigenvalue weighted by Crippen LogP contribution is 2.42. The van der Waals surface area contributed by atoms with Gasteiger partial charge in [-0.2, -0.15) is 11.3 Å². The molecule has 1 aromatic rings. The van der Waals surface area contributed by atoms with Crippen LogP contribution in [0.4, 0.5) is 0 Å². The molecule has 1 saturated carbocycles. The normalized spacial score (nSPS) is 28.0. The van der Waals surface area contributed by atoms with Crippen molar-refractivity contribution in [2.75, 3.05) is 6.54 Å². The van der Waals surface area contributed by atoms with Gasteiger partial charge in [-0.3, -0.25) is 0 Å². The van der Waals surface area contributed by atoms with Gasteiger partial charge in [0.2, 0.25) is 10.0 Å². The Morgan fingerprint density at radius 3 is 2.50 bits per heavy atom. The Balaban J connectivity index is 1.86. The van der Waals surface area contributed by atoms with E-state index in [1.54, 1.807) is 25.2 Å². The van der Waals surface area contributed by atoms with Gasteiger partial charge in [-0.05, 0) is 73.8 Å². The van der Waals surface area contributed by atoms with Gasteiger partial charge in [0.05, 0.1) is 10.9 Å². The van der Waals surface area contributed by atoms with E-state index in [0.717, 1.165) is 31.2 Å². The van der Waals surface area contributed by atoms with E-state index in [9.17, 15) is 13.5 Å². The highest BCUT2D eigenvalue weighted by Gasteiger charge is 2.36. The van der Waals surface area contributed by atoms with Crippen LogP contribution < -0.4 is 4.72 Å². The van der Waals surface area contributed by atoms with Gasteiger partial charge in [-0.1, -0.05) is 6.92 Å². The minimum Gasteiger partial charge on any atom is -0.385 e. The SMILES string of the molecule is CC(CNS(=O)(=O)C(C)C)C1CCC(O)(c2ccsc2)CC1. The third kappa shape index (κ3) is 4.10. The van der Waals surface area contributed by atoms with Crippen LogP contribution in [0.25, 0.3) is 0 Å². The van der Waals surface area contributed by atoms with Gasteiger partial charge in [0.15, 0.2) is 0 Å². The van der Waals surface area contributed by atoms with Crippen LogP contribution in [0.1, 0.15) is 52.0 Å². The first kappa shape index (κ1) is 17.9.